The van der Waals surface area contributed by atoms with Gasteiger partial charge in [-0.25, -0.2) is 0 Å². The molecule has 0 atom stereocenters. The zero-order valence-corrected chi connectivity index (χ0v) is 13.6. The Hall–Kier alpha value is -2.79. The van der Waals surface area contributed by atoms with E-state index in [1.807, 2.05) is 24.3 Å². The summed E-state index contributed by atoms with van der Waals surface area (Å²) in [5.41, 5.74) is 1.89. The summed E-state index contributed by atoms with van der Waals surface area (Å²) in [6, 6.07) is 12.7. The van der Waals surface area contributed by atoms with Crippen LogP contribution in [0.25, 0.3) is 11.4 Å². The first kappa shape index (κ1) is 14.8. The summed E-state index contributed by atoms with van der Waals surface area (Å²) in [4.78, 5) is 19.7. The molecule has 1 aliphatic rings. The van der Waals surface area contributed by atoms with Gasteiger partial charge in [0.15, 0.2) is 11.5 Å². The minimum atomic E-state index is -0.219. The lowest BCUT2D eigenvalue weighted by Crippen LogP contribution is -2.20. The maximum Gasteiger partial charge on any atom is 0.258 e. The van der Waals surface area contributed by atoms with E-state index in [1.54, 1.807) is 25.3 Å². The average molecular weight is 341 g/mol. The van der Waals surface area contributed by atoms with Crippen LogP contribution in [-0.4, -0.2) is 17.1 Å². The van der Waals surface area contributed by atoms with Gasteiger partial charge in [0.1, 0.15) is 5.82 Å². The van der Waals surface area contributed by atoms with Crippen molar-refractivity contribution in [2.45, 2.75) is 6.42 Å². The second-order valence-corrected chi connectivity index (χ2v) is 5.87. The van der Waals surface area contributed by atoms with Gasteiger partial charge in [-0.3, -0.25) is 4.79 Å². The van der Waals surface area contributed by atoms with E-state index in [2.05, 4.69) is 9.97 Å². The average Bonchev–Trinajstić information content (AvgIpc) is 2.59. The molecule has 1 aliphatic heterocycles. The number of methoxy groups -OCH3 is 1. The predicted octanol–water partition coefficient (Wildman–Crippen LogP) is 3.80. The summed E-state index contributed by atoms with van der Waals surface area (Å²) in [7, 11) is 1.58. The highest BCUT2D eigenvalue weighted by Gasteiger charge is 2.24. The molecule has 120 valence electrons. The zero-order valence-electron chi connectivity index (χ0n) is 12.8. The number of fused-ring (bicyclic) bond motifs is 2. The monoisotopic (exact) mass is 340 g/mol. The third kappa shape index (κ3) is 2.43. The Bertz CT molecular complexity index is 998. The van der Waals surface area contributed by atoms with Crippen molar-refractivity contribution in [3.63, 3.8) is 0 Å². The molecule has 24 heavy (non-hydrogen) atoms. The third-order valence-corrected chi connectivity index (χ3v) is 4.16. The van der Waals surface area contributed by atoms with Crippen LogP contribution in [0, 0.1) is 0 Å². The van der Waals surface area contributed by atoms with Gasteiger partial charge in [0.05, 0.1) is 12.7 Å². The van der Waals surface area contributed by atoms with E-state index < -0.39 is 0 Å². The molecule has 1 N–H and O–H groups in total. The minimum Gasteiger partial charge on any atom is -0.493 e. The number of H-pyrrole nitrogens is 1. The fourth-order valence-electron chi connectivity index (χ4n) is 2.75. The van der Waals surface area contributed by atoms with Gasteiger partial charge in [0.25, 0.3) is 5.56 Å². The van der Waals surface area contributed by atoms with Crippen molar-refractivity contribution in [3.8, 4) is 28.8 Å². The number of aromatic nitrogens is 2. The SMILES string of the molecule is COc1cccc2c1Oc1nc(-c3cccc(Cl)c3)[nH]c(=O)c1C2. The van der Waals surface area contributed by atoms with Crippen molar-refractivity contribution >= 4 is 11.6 Å². The van der Waals surface area contributed by atoms with Crippen molar-refractivity contribution in [3.05, 3.63) is 69.0 Å². The number of hydrogen-bond acceptors (Lipinski definition) is 4. The minimum absolute atomic E-state index is 0.219. The van der Waals surface area contributed by atoms with Crippen molar-refractivity contribution in [1.29, 1.82) is 0 Å². The van der Waals surface area contributed by atoms with Gasteiger partial charge in [0, 0.05) is 22.6 Å². The molecule has 0 spiro atoms. The van der Waals surface area contributed by atoms with Gasteiger partial charge in [-0.1, -0.05) is 35.9 Å². The van der Waals surface area contributed by atoms with Crippen LogP contribution in [0.3, 0.4) is 0 Å². The molecule has 2 aromatic carbocycles. The third-order valence-electron chi connectivity index (χ3n) is 3.92. The lowest BCUT2D eigenvalue weighted by atomic mass is 10.0. The van der Waals surface area contributed by atoms with Gasteiger partial charge in [-0.2, -0.15) is 4.98 Å². The molecule has 0 bridgehead atoms. The number of ether oxygens (including phenoxy) is 2. The van der Waals surface area contributed by atoms with Crippen molar-refractivity contribution in [2.75, 3.05) is 7.11 Å². The number of nitrogens with zero attached hydrogens (tertiary/aromatic N) is 1. The summed E-state index contributed by atoms with van der Waals surface area (Å²) >= 11 is 6.02. The van der Waals surface area contributed by atoms with Crippen LogP contribution in [0.5, 0.6) is 17.4 Å². The Morgan fingerprint density at radius 1 is 1.25 bits per heavy atom. The molecule has 0 amide bonds. The van der Waals surface area contributed by atoms with Gasteiger partial charge < -0.3 is 14.5 Å². The summed E-state index contributed by atoms with van der Waals surface area (Å²) in [6.45, 7) is 0. The fourth-order valence-corrected chi connectivity index (χ4v) is 2.94. The topological polar surface area (TPSA) is 64.2 Å². The lowest BCUT2D eigenvalue weighted by Gasteiger charge is -2.20. The highest BCUT2D eigenvalue weighted by atomic mass is 35.5. The number of rotatable bonds is 2. The Labute approximate surface area is 142 Å². The predicted molar refractivity (Wildman–Crippen MR) is 91.2 cm³/mol. The quantitative estimate of drug-likeness (QED) is 0.603. The standard InChI is InChI=1S/C18H13ClN2O3/c1-23-14-7-3-4-10-9-13-17(22)20-16(21-18(13)24-15(10)14)11-5-2-6-12(19)8-11/h2-8H,9H2,1H3,(H,20,21,22). The second-order valence-electron chi connectivity index (χ2n) is 5.44. The molecule has 3 aromatic rings. The Morgan fingerprint density at radius 2 is 2.08 bits per heavy atom. The maximum atomic E-state index is 12.5. The van der Waals surface area contributed by atoms with Crippen molar-refractivity contribution in [2.24, 2.45) is 0 Å². The number of nitrogens with one attached hydrogen (secondary N) is 1. The van der Waals surface area contributed by atoms with Crippen molar-refractivity contribution in [1.82, 2.24) is 9.97 Å². The molecule has 0 aliphatic carbocycles. The van der Waals surface area contributed by atoms with E-state index in [0.29, 0.717) is 40.2 Å². The van der Waals surface area contributed by atoms with E-state index in [9.17, 15) is 4.79 Å². The van der Waals surface area contributed by atoms with E-state index >= 15 is 0 Å². The van der Waals surface area contributed by atoms with Gasteiger partial charge in [-0.05, 0) is 18.2 Å². The Balaban J connectivity index is 1.84. The molecule has 0 radical (unpaired) electrons. The summed E-state index contributed by atoms with van der Waals surface area (Å²) in [5, 5.41) is 0.570. The van der Waals surface area contributed by atoms with E-state index in [1.165, 1.54) is 0 Å². The molecule has 5 nitrogen and oxygen atoms in total. The molecule has 0 fully saturated rings. The lowest BCUT2D eigenvalue weighted by molar-refractivity contribution is 0.365. The summed E-state index contributed by atoms with van der Waals surface area (Å²) < 4.78 is 11.2. The first-order valence-corrected chi connectivity index (χ1v) is 7.76. The summed E-state index contributed by atoms with van der Waals surface area (Å²) in [6.07, 6.45) is 0.444. The second kappa shape index (κ2) is 5.69. The van der Waals surface area contributed by atoms with E-state index in [4.69, 9.17) is 21.1 Å². The normalized spacial score (nSPS) is 12.1. The van der Waals surface area contributed by atoms with Crippen LogP contribution in [-0.2, 0) is 6.42 Å². The van der Waals surface area contributed by atoms with Crippen LogP contribution >= 0.6 is 11.6 Å². The van der Waals surface area contributed by atoms with Crippen LogP contribution in [0.1, 0.15) is 11.1 Å². The molecule has 0 saturated heterocycles. The van der Waals surface area contributed by atoms with E-state index in [0.717, 1.165) is 11.1 Å². The molecule has 1 aromatic heterocycles. The van der Waals surface area contributed by atoms with Crippen LogP contribution in [0.2, 0.25) is 5.02 Å². The number of aromatic amines is 1. The molecular formula is C18H13ClN2O3. The maximum absolute atomic E-state index is 12.5. The highest BCUT2D eigenvalue weighted by Crippen LogP contribution is 2.40. The van der Waals surface area contributed by atoms with Crippen LogP contribution in [0.15, 0.2) is 47.3 Å². The van der Waals surface area contributed by atoms with Gasteiger partial charge >= 0.3 is 0 Å². The molecule has 4 rings (SSSR count). The first-order chi connectivity index (χ1) is 11.7. The smallest absolute Gasteiger partial charge is 0.258 e. The summed E-state index contributed by atoms with van der Waals surface area (Å²) in [5.74, 6) is 1.93. The Morgan fingerprint density at radius 3 is 2.88 bits per heavy atom. The van der Waals surface area contributed by atoms with Crippen LogP contribution < -0.4 is 15.0 Å². The zero-order chi connectivity index (χ0) is 16.7. The first-order valence-electron chi connectivity index (χ1n) is 7.38. The number of hydrogen-bond donors (Lipinski definition) is 1. The number of benzene rings is 2. The Kier molecular flexibility index (Phi) is 3.50. The van der Waals surface area contributed by atoms with Gasteiger partial charge in [-0.15, -0.1) is 0 Å². The number of halogens is 1. The largest absolute Gasteiger partial charge is 0.493 e. The fraction of sp³-hybridized carbons (Fsp3) is 0.111. The molecular weight excluding hydrogens is 328 g/mol. The highest BCUT2D eigenvalue weighted by molar-refractivity contribution is 6.30. The van der Waals surface area contributed by atoms with Gasteiger partial charge in [0.2, 0.25) is 5.88 Å². The molecule has 6 heteroatoms. The van der Waals surface area contributed by atoms with Crippen LogP contribution in [0.4, 0.5) is 0 Å². The van der Waals surface area contributed by atoms with Crippen molar-refractivity contribution < 1.29 is 9.47 Å². The molecule has 0 saturated carbocycles. The van der Waals surface area contributed by atoms with E-state index in [-0.39, 0.29) is 5.56 Å². The molecule has 0 unspecified atom stereocenters. The molecule has 2 heterocycles. The number of para-hydroxylation sites is 1.